The van der Waals surface area contributed by atoms with Crippen molar-refractivity contribution >= 4 is 29.2 Å². The van der Waals surface area contributed by atoms with E-state index in [1.165, 1.54) is 23.3 Å². The van der Waals surface area contributed by atoms with Crippen LogP contribution in [0.25, 0.3) is 0 Å². The number of hydrogen-bond donors (Lipinski definition) is 1. The monoisotopic (exact) mass is 527 g/mol. The maximum absolute atomic E-state index is 14.4. The molecule has 0 unspecified atom stereocenters. The smallest absolute Gasteiger partial charge is 0.338 e. The predicted octanol–water partition coefficient (Wildman–Crippen LogP) is 7.59. The molecule has 1 saturated heterocycles. The zero-order valence-electron chi connectivity index (χ0n) is 19.8. The Bertz CT molecular complexity index is 1180. The second-order valence-corrected chi connectivity index (χ2v) is 10.6. The van der Waals surface area contributed by atoms with Crippen molar-refractivity contribution in [3.8, 4) is 5.75 Å². The fraction of sp³-hybridized carbons (Fsp3) is 0.345. The standard InChI is InChI=1S/C29H28Cl2FNO3/c30-22-7-3-20(4-8-22)28(21-5-9-23(31)10-6-21)33-13-11-18(12-14-33)17-36-27-16-26(32)25(29(34)35)15-24(27)19-1-2-19/h3-10,15-16,18-19,28H,1-2,11-14,17H2,(H,34,35). The van der Waals surface area contributed by atoms with Gasteiger partial charge in [0.15, 0.2) is 0 Å². The minimum atomic E-state index is -1.25. The quantitative estimate of drug-likeness (QED) is 0.327. The number of likely N-dealkylation sites (tertiary alicyclic amines) is 1. The average molecular weight is 528 g/mol. The molecule has 4 nitrogen and oxygen atoms in total. The molecule has 36 heavy (non-hydrogen) atoms. The van der Waals surface area contributed by atoms with Gasteiger partial charge in [-0.1, -0.05) is 47.5 Å². The summed E-state index contributed by atoms with van der Waals surface area (Å²) in [5, 5.41) is 10.7. The van der Waals surface area contributed by atoms with Crippen LogP contribution in [0.3, 0.4) is 0 Å². The Morgan fingerprint density at radius 2 is 1.50 bits per heavy atom. The van der Waals surface area contributed by atoms with Crippen LogP contribution in [0.15, 0.2) is 60.7 Å². The van der Waals surface area contributed by atoms with Crippen molar-refractivity contribution in [3.05, 3.63) is 98.8 Å². The topological polar surface area (TPSA) is 49.8 Å². The van der Waals surface area contributed by atoms with Crippen molar-refractivity contribution in [2.24, 2.45) is 5.92 Å². The first-order valence-electron chi connectivity index (χ1n) is 12.3. The van der Waals surface area contributed by atoms with Crippen LogP contribution in [-0.4, -0.2) is 35.7 Å². The van der Waals surface area contributed by atoms with Crippen molar-refractivity contribution in [1.29, 1.82) is 0 Å². The first-order chi connectivity index (χ1) is 17.4. The lowest BCUT2D eigenvalue weighted by atomic mass is 9.91. The number of ether oxygens (including phenoxy) is 1. The van der Waals surface area contributed by atoms with Crippen LogP contribution >= 0.6 is 23.2 Å². The molecule has 188 valence electrons. The molecule has 0 amide bonds. The van der Waals surface area contributed by atoms with Gasteiger partial charge in [0.2, 0.25) is 0 Å². The molecule has 1 aliphatic heterocycles. The summed E-state index contributed by atoms with van der Waals surface area (Å²) >= 11 is 12.3. The minimum absolute atomic E-state index is 0.0977. The molecular weight excluding hydrogens is 500 g/mol. The lowest BCUT2D eigenvalue weighted by molar-refractivity contribution is 0.0691. The maximum atomic E-state index is 14.4. The third kappa shape index (κ3) is 5.69. The molecule has 1 saturated carbocycles. The van der Waals surface area contributed by atoms with Crippen LogP contribution < -0.4 is 4.74 Å². The third-order valence-electron chi connectivity index (χ3n) is 7.21. The van der Waals surface area contributed by atoms with Crippen LogP contribution in [0.5, 0.6) is 5.75 Å². The molecule has 3 aromatic carbocycles. The highest BCUT2D eigenvalue weighted by Crippen LogP contribution is 2.45. The van der Waals surface area contributed by atoms with E-state index in [4.69, 9.17) is 27.9 Å². The second-order valence-electron chi connectivity index (χ2n) is 9.75. The van der Waals surface area contributed by atoms with Crippen LogP contribution in [0.4, 0.5) is 4.39 Å². The number of carboxylic acid groups (broad SMARTS) is 1. The lowest BCUT2D eigenvalue weighted by Gasteiger charge is -2.38. The molecule has 0 aromatic heterocycles. The second kappa shape index (κ2) is 10.8. The Kier molecular flexibility index (Phi) is 7.52. The van der Waals surface area contributed by atoms with E-state index in [1.807, 2.05) is 24.3 Å². The van der Waals surface area contributed by atoms with E-state index in [0.717, 1.165) is 44.3 Å². The van der Waals surface area contributed by atoms with Crippen LogP contribution in [0.1, 0.15) is 64.7 Å². The van der Waals surface area contributed by atoms with Crippen LogP contribution in [0.2, 0.25) is 10.0 Å². The summed E-state index contributed by atoms with van der Waals surface area (Å²) in [4.78, 5) is 13.8. The molecule has 5 rings (SSSR count). The van der Waals surface area contributed by atoms with Gasteiger partial charge in [0, 0.05) is 16.1 Å². The SMILES string of the molecule is O=C(O)c1cc(C2CC2)c(OCC2CCN(C(c3ccc(Cl)cc3)c3ccc(Cl)cc3)CC2)cc1F. The Labute approximate surface area is 220 Å². The van der Waals surface area contributed by atoms with Gasteiger partial charge in [0.25, 0.3) is 0 Å². The highest BCUT2D eigenvalue weighted by Gasteiger charge is 2.31. The van der Waals surface area contributed by atoms with Gasteiger partial charge in [-0.2, -0.15) is 0 Å². The minimum Gasteiger partial charge on any atom is -0.493 e. The van der Waals surface area contributed by atoms with Gasteiger partial charge in [-0.25, -0.2) is 9.18 Å². The van der Waals surface area contributed by atoms with Crippen LogP contribution in [-0.2, 0) is 0 Å². The fourth-order valence-electron chi connectivity index (χ4n) is 5.06. The van der Waals surface area contributed by atoms with Gasteiger partial charge in [-0.3, -0.25) is 4.90 Å². The highest BCUT2D eigenvalue weighted by atomic mass is 35.5. The van der Waals surface area contributed by atoms with E-state index in [-0.39, 0.29) is 17.5 Å². The Morgan fingerprint density at radius 1 is 0.944 bits per heavy atom. The van der Waals surface area contributed by atoms with Crippen LogP contribution in [0, 0.1) is 11.7 Å². The number of carbonyl (C=O) groups is 1. The molecule has 3 aromatic rings. The van der Waals surface area contributed by atoms with E-state index >= 15 is 0 Å². The molecule has 0 atom stereocenters. The Morgan fingerprint density at radius 3 is 2.00 bits per heavy atom. The molecule has 0 bridgehead atoms. The molecule has 0 spiro atoms. The summed E-state index contributed by atoms with van der Waals surface area (Å²) in [5.74, 6) is -0.899. The first kappa shape index (κ1) is 25.1. The van der Waals surface area contributed by atoms with E-state index in [9.17, 15) is 14.3 Å². The number of rotatable bonds is 8. The number of benzene rings is 3. The number of piperidine rings is 1. The van der Waals surface area contributed by atoms with Crippen molar-refractivity contribution in [2.75, 3.05) is 19.7 Å². The average Bonchev–Trinajstić information content (AvgIpc) is 3.71. The van der Waals surface area contributed by atoms with Gasteiger partial charge in [-0.05, 0) is 97.6 Å². The zero-order chi connectivity index (χ0) is 25.2. The molecule has 0 radical (unpaired) electrons. The molecule has 2 fully saturated rings. The molecule has 2 aliphatic rings. The first-order valence-corrected chi connectivity index (χ1v) is 13.1. The van der Waals surface area contributed by atoms with Crippen molar-refractivity contribution < 1.29 is 19.0 Å². The number of hydrogen-bond acceptors (Lipinski definition) is 3. The zero-order valence-corrected chi connectivity index (χ0v) is 21.3. The predicted molar refractivity (Wildman–Crippen MR) is 140 cm³/mol. The molecule has 7 heteroatoms. The Hall–Kier alpha value is -2.60. The van der Waals surface area contributed by atoms with E-state index < -0.39 is 11.8 Å². The third-order valence-corrected chi connectivity index (χ3v) is 7.71. The van der Waals surface area contributed by atoms with Crippen molar-refractivity contribution in [2.45, 2.75) is 37.6 Å². The maximum Gasteiger partial charge on any atom is 0.338 e. The lowest BCUT2D eigenvalue weighted by Crippen LogP contribution is -2.38. The molecule has 1 N–H and O–H groups in total. The number of halogens is 3. The normalized spacial score (nSPS) is 16.9. The van der Waals surface area contributed by atoms with E-state index in [0.29, 0.717) is 28.3 Å². The van der Waals surface area contributed by atoms with Gasteiger partial charge < -0.3 is 9.84 Å². The largest absolute Gasteiger partial charge is 0.493 e. The summed E-state index contributed by atoms with van der Waals surface area (Å²) in [6.45, 7) is 2.28. The van der Waals surface area contributed by atoms with E-state index in [2.05, 4.69) is 29.2 Å². The summed E-state index contributed by atoms with van der Waals surface area (Å²) in [6, 6.07) is 18.8. The summed E-state index contributed by atoms with van der Waals surface area (Å²) < 4.78 is 20.5. The fourth-order valence-corrected chi connectivity index (χ4v) is 5.32. The number of nitrogens with zero attached hydrogens (tertiary/aromatic N) is 1. The number of carboxylic acids is 1. The molecular formula is C29H28Cl2FNO3. The molecule has 1 aliphatic carbocycles. The molecule has 1 heterocycles. The van der Waals surface area contributed by atoms with Gasteiger partial charge in [0.05, 0.1) is 18.2 Å². The number of aromatic carboxylic acids is 1. The summed E-state index contributed by atoms with van der Waals surface area (Å²) in [7, 11) is 0. The van der Waals surface area contributed by atoms with Gasteiger partial charge in [0.1, 0.15) is 11.6 Å². The van der Waals surface area contributed by atoms with E-state index in [1.54, 1.807) is 0 Å². The van der Waals surface area contributed by atoms with Crippen molar-refractivity contribution in [3.63, 3.8) is 0 Å². The summed E-state index contributed by atoms with van der Waals surface area (Å²) in [5.41, 5.74) is 2.89. The Balaban J connectivity index is 1.27. The van der Waals surface area contributed by atoms with Crippen molar-refractivity contribution in [1.82, 2.24) is 4.90 Å². The highest BCUT2D eigenvalue weighted by molar-refractivity contribution is 6.30. The van der Waals surface area contributed by atoms with Gasteiger partial charge in [-0.15, -0.1) is 0 Å². The van der Waals surface area contributed by atoms with Gasteiger partial charge >= 0.3 is 5.97 Å². The summed E-state index contributed by atoms with van der Waals surface area (Å²) in [6.07, 6.45) is 3.87.